The van der Waals surface area contributed by atoms with Crippen LogP contribution in [0.5, 0.6) is 5.75 Å². The summed E-state index contributed by atoms with van der Waals surface area (Å²) >= 11 is 1.66. The van der Waals surface area contributed by atoms with Crippen LogP contribution in [0.2, 0.25) is 0 Å². The predicted octanol–water partition coefficient (Wildman–Crippen LogP) is 3.52. The average Bonchev–Trinajstić information content (AvgIpc) is 3.07. The lowest BCUT2D eigenvalue weighted by atomic mass is 10.2. The molecule has 2 aromatic carbocycles. The number of ether oxygens (including phenoxy) is 1. The molecular formula is C17H19NO3S2. The first-order valence-corrected chi connectivity index (χ1v) is 10.0. The fourth-order valence-corrected chi connectivity index (χ4v) is 5.83. The standard InChI is InChI=1S/C17H19NO3S2/c1-2-21-15-8-10-16(11-9-15)23(19,20)18-12-13-22-17(18)14-6-4-3-5-7-14/h3-11,17H,2,12-13H2,1H3/t17-/m1/s1. The highest BCUT2D eigenvalue weighted by Crippen LogP contribution is 2.41. The summed E-state index contributed by atoms with van der Waals surface area (Å²) in [4.78, 5) is 0.310. The van der Waals surface area contributed by atoms with Crippen molar-refractivity contribution in [2.45, 2.75) is 17.2 Å². The molecule has 1 aliphatic heterocycles. The lowest BCUT2D eigenvalue weighted by molar-refractivity contribution is 0.340. The highest BCUT2D eigenvalue weighted by molar-refractivity contribution is 8.01. The van der Waals surface area contributed by atoms with Crippen molar-refractivity contribution in [2.24, 2.45) is 0 Å². The second-order valence-electron chi connectivity index (χ2n) is 5.15. The molecule has 2 aromatic rings. The normalized spacial score (nSPS) is 18.9. The van der Waals surface area contributed by atoms with Crippen molar-refractivity contribution in [2.75, 3.05) is 18.9 Å². The van der Waals surface area contributed by atoms with Gasteiger partial charge in [0.05, 0.1) is 16.9 Å². The number of rotatable bonds is 5. The van der Waals surface area contributed by atoms with Gasteiger partial charge in [-0.15, -0.1) is 11.8 Å². The van der Waals surface area contributed by atoms with Crippen LogP contribution < -0.4 is 4.74 Å². The van der Waals surface area contributed by atoms with Crippen LogP contribution in [0.1, 0.15) is 17.9 Å². The van der Waals surface area contributed by atoms with Crippen LogP contribution in [-0.4, -0.2) is 31.6 Å². The second-order valence-corrected chi connectivity index (χ2v) is 8.23. The summed E-state index contributed by atoms with van der Waals surface area (Å²) in [5.41, 5.74) is 1.02. The monoisotopic (exact) mass is 349 g/mol. The Labute approximate surface area is 141 Å². The van der Waals surface area contributed by atoms with Crippen LogP contribution in [0.4, 0.5) is 0 Å². The molecule has 1 saturated heterocycles. The number of benzene rings is 2. The summed E-state index contributed by atoms with van der Waals surface area (Å²) < 4.78 is 32.9. The van der Waals surface area contributed by atoms with Crippen LogP contribution in [-0.2, 0) is 10.0 Å². The Morgan fingerprint density at radius 1 is 1.13 bits per heavy atom. The maximum absolute atomic E-state index is 13.0. The Bertz CT molecular complexity index is 745. The van der Waals surface area contributed by atoms with Crippen molar-refractivity contribution in [3.05, 3.63) is 60.2 Å². The molecule has 6 heteroatoms. The van der Waals surface area contributed by atoms with Crippen LogP contribution >= 0.6 is 11.8 Å². The van der Waals surface area contributed by atoms with E-state index in [4.69, 9.17) is 4.74 Å². The first-order chi connectivity index (χ1) is 11.1. The third-order valence-corrected chi connectivity index (χ3v) is 6.95. The number of hydrogen-bond donors (Lipinski definition) is 0. The molecule has 0 saturated carbocycles. The van der Waals surface area contributed by atoms with E-state index in [0.717, 1.165) is 11.3 Å². The maximum Gasteiger partial charge on any atom is 0.244 e. The van der Waals surface area contributed by atoms with E-state index in [0.29, 0.717) is 23.8 Å². The van der Waals surface area contributed by atoms with Gasteiger partial charge in [-0.2, -0.15) is 4.31 Å². The van der Waals surface area contributed by atoms with Gasteiger partial charge >= 0.3 is 0 Å². The van der Waals surface area contributed by atoms with Gasteiger partial charge in [0.15, 0.2) is 0 Å². The Morgan fingerprint density at radius 2 is 1.83 bits per heavy atom. The Kier molecular flexibility index (Phi) is 4.94. The minimum absolute atomic E-state index is 0.159. The molecule has 0 aliphatic carbocycles. The highest BCUT2D eigenvalue weighted by Gasteiger charge is 2.36. The first kappa shape index (κ1) is 16.4. The molecule has 0 radical (unpaired) electrons. The van der Waals surface area contributed by atoms with Crippen molar-refractivity contribution in [3.63, 3.8) is 0 Å². The van der Waals surface area contributed by atoms with Gasteiger partial charge in [0.2, 0.25) is 10.0 Å². The molecule has 0 N–H and O–H groups in total. The van der Waals surface area contributed by atoms with Gasteiger partial charge in [0.1, 0.15) is 5.75 Å². The summed E-state index contributed by atoms with van der Waals surface area (Å²) in [7, 11) is -3.51. The van der Waals surface area contributed by atoms with Crippen molar-refractivity contribution in [3.8, 4) is 5.75 Å². The van der Waals surface area contributed by atoms with E-state index in [1.807, 2.05) is 37.3 Å². The van der Waals surface area contributed by atoms with Gasteiger partial charge in [-0.25, -0.2) is 8.42 Å². The molecule has 122 valence electrons. The first-order valence-electron chi connectivity index (χ1n) is 7.54. The van der Waals surface area contributed by atoms with Gasteiger partial charge in [-0.05, 0) is 36.8 Å². The molecule has 1 heterocycles. The minimum Gasteiger partial charge on any atom is -0.494 e. The number of hydrogen-bond acceptors (Lipinski definition) is 4. The lowest BCUT2D eigenvalue weighted by Gasteiger charge is -2.23. The summed E-state index contributed by atoms with van der Waals surface area (Å²) in [5, 5.41) is -0.159. The van der Waals surface area contributed by atoms with Crippen molar-refractivity contribution in [1.82, 2.24) is 4.31 Å². The minimum atomic E-state index is -3.51. The molecule has 0 unspecified atom stereocenters. The van der Waals surface area contributed by atoms with Gasteiger partial charge in [-0.3, -0.25) is 0 Å². The van der Waals surface area contributed by atoms with Crippen LogP contribution in [0.25, 0.3) is 0 Å². The lowest BCUT2D eigenvalue weighted by Crippen LogP contribution is -2.30. The molecule has 0 amide bonds. The number of thioether (sulfide) groups is 1. The van der Waals surface area contributed by atoms with E-state index in [2.05, 4.69) is 0 Å². The van der Waals surface area contributed by atoms with Gasteiger partial charge in [0.25, 0.3) is 0 Å². The average molecular weight is 349 g/mol. The summed E-state index contributed by atoms with van der Waals surface area (Å²) in [6, 6.07) is 16.4. The smallest absolute Gasteiger partial charge is 0.244 e. The molecular weight excluding hydrogens is 330 g/mol. The summed E-state index contributed by atoms with van der Waals surface area (Å²) in [6.07, 6.45) is 0. The fraction of sp³-hybridized carbons (Fsp3) is 0.294. The highest BCUT2D eigenvalue weighted by atomic mass is 32.2. The zero-order valence-electron chi connectivity index (χ0n) is 12.9. The van der Waals surface area contributed by atoms with Gasteiger partial charge in [-0.1, -0.05) is 30.3 Å². The maximum atomic E-state index is 13.0. The molecule has 1 fully saturated rings. The van der Waals surface area contributed by atoms with Gasteiger partial charge < -0.3 is 4.74 Å². The number of sulfonamides is 1. The molecule has 0 bridgehead atoms. The van der Waals surface area contributed by atoms with E-state index in [1.165, 1.54) is 0 Å². The SMILES string of the molecule is CCOc1ccc(S(=O)(=O)N2CCS[C@@H]2c2ccccc2)cc1. The molecule has 3 rings (SSSR count). The third-order valence-electron chi connectivity index (χ3n) is 3.68. The van der Waals surface area contributed by atoms with Crippen molar-refractivity contribution < 1.29 is 13.2 Å². The molecule has 1 atom stereocenters. The molecule has 1 aliphatic rings. The third kappa shape index (κ3) is 3.39. The molecule has 23 heavy (non-hydrogen) atoms. The van der Waals surface area contributed by atoms with E-state index in [-0.39, 0.29) is 5.37 Å². The zero-order chi connectivity index (χ0) is 16.3. The summed E-state index contributed by atoms with van der Waals surface area (Å²) in [6.45, 7) is 2.99. The van der Waals surface area contributed by atoms with Crippen LogP contribution in [0.15, 0.2) is 59.5 Å². The van der Waals surface area contributed by atoms with Crippen molar-refractivity contribution in [1.29, 1.82) is 0 Å². The molecule has 4 nitrogen and oxygen atoms in total. The summed E-state index contributed by atoms with van der Waals surface area (Å²) in [5.74, 6) is 1.48. The Balaban J connectivity index is 1.89. The van der Waals surface area contributed by atoms with Crippen LogP contribution in [0, 0.1) is 0 Å². The Morgan fingerprint density at radius 3 is 2.48 bits per heavy atom. The largest absolute Gasteiger partial charge is 0.494 e. The van der Waals surface area contributed by atoms with E-state index in [1.54, 1.807) is 40.3 Å². The quantitative estimate of drug-likeness (QED) is 0.828. The van der Waals surface area contributed by atoms with E-state index < -0.39 is 10.0 Å². The van der Waals surface area contributed by atoms with E-state index in [9.17, 15) is 8.42 Å². The number of nitrogens with zero attached hydrogens (tertiary/aromatic N) is 1. The molecule has 0 spiro atoms. The topological polar surface area (TPSA) is 46.6 Å². The molecule has 0 aromatic heterocycles. The predicted molar refractivity (Wildman–Crippen MR) is 93.1 cm³/mol. The van der Waals surface area contributed by atoms with Gasteiger partial charge in [0, 0.05) is 12.3 Å². The zero-order valence-corrected chi connectivity index (χ0v) is 14.5. The van der Waals surface area contributed by atoms with E-state index >= 15 is 0 Å². The second kappa shape index (κ2) is 6.95. The fourth-order valence-electron chi connectivity index (χ4n) is 2.59. The Hall–Kier alpha value is -1.50. The van der Waals surface area contributed by atoms with Crippen LogP contribution in [0.3, 0.4) is 0 Å². The van der Waals surface area contributed by atoms with Crippen molar-refractivity contribution >= 4 is 21.8 Å².